The van der Waals surface area contributed by atoms with E-state index in [-0.39, 0.29) is 5.91 Å². The molecule has 21 heavy (non-hydrogen) atoms. The quantitative estimate of drug-likeness (QED) is 0.783. The third-order valence-corrected chi connectivity index (χ3v) is 4.12. The van der Waals surface area contributed by atoms with Gasteiger partial charge >= 0.3 is 0 Å². The van der Waals surface area contributed by atoms with Crippen molar-refractivity contribution in [1.82, 2.24) is 4.90 Å². The Bertz CT molecular complexity index is 495. The molecule has 4 nitrogen and oxygen atoms in total. The van der Waals surface area contributed by atoms with Gasteiger partial charge in [0.1, 0.15) is 12.0 Å². The molecule has 1 saturated carbocycles. The zero-order valence-electron chi connectivity index (χ0n) is 12.7. The first kappa shape index (κ1) is 15.5. The summed E-state index contributed by atoms with van der Waals surface area (Å²) < 4.78 is 5.68. The molecule has 0 radical (unpaired) electrons. The Kier molecular flexibility index (Phi) is 5.37. The van der Waals surface area contributed by atoms with Crippen LogP contribution in [0.1, 0.15) is 49.4 Å². The smallest absolute Gasteiger partial charge is 0.263 e. The molecular formula is C17H23NO3. The van der Waals surface area contributed by atoms with Gasteiger partial charge in [0.05, 0.1) is 0 Å². The van der Waals surface area contributed by atoms with Crippen molar-refractivity contribution in [2.75, 3.05) is 7.05 Å². The van der Waals surface area contributed by atoms with E-state index in [1.165, 1.54) is 19.3 Å². The first-order valence-corrected chi connectivity index (χ1v) is 7.60. The molecule has 1 aliphatic carbocycles. The third-order valence-electron chi connectivity index (χ3n) is 4.12. The summed E-state index contributed by atoms with van der Waals surface area (Å²) in [5, 5.41) is 0. The molecule has 4 heteroatoms. The number of carbonyl (C=O) groups is 2. The summed E-state index contributed by atoms with van der Waals surface area (Å²) >= 11 is 0. The van der Waals surface area contributed by atoms with Gasteiger partial charge in [-0.2, -0.15) is 0 Å². The minimum atomic E-state index is -0.543. The van der Waals surface area contributed by atoms with Crippen molar-refractivity contribution < 1.29 is 14.3 Å². The lowest BCUT2D eigenvalue weighted by Crippen LogP contribution is -2.44. The van der Waals surface area contributed by atoms with Crippen molar-refractivity contribution in [1.29, 1.82) is 0 Å². The Balaban J connectivity index is 1.96. The summed E-state index contributed by atoms with van der Waals surface area (Å²) in [5.74, 6) is 0.552. The average Bonchev–Trinajstić information content (AvgIpc) is 2.54. The van der Waals surface area contributed by atoms with E-state index in [1.807, 2.05) is 11.9 Å². The van der Waals surface area contributed by atoms with Crippen molar-refractivity contribution in [2.24, 2.45) is 0 Å². The maximum atomic E-state index is 12.4. The molecule has 1 atom stereocenters. The Hall–Kier alpha value is -1.84. The first-order chi connectivity index (χ1) is 10.1. The zero-order chi connectivity index (χ0) is 15.2. The van der Waals surface area contributed by atoms with Crippen LogP contribution in [0.15, 0.2) is 24.3 Å². The fraction of sp³-hybridized carbons (Fsp3) is 0.529. The van der Waals surface area contributed by atoms with E-state index < -0.39 is 6.10 Å². The highest BCUT2D eigenvalue weighted by molar-refractivity contribution is 5.81. The van der Waals surface area contributed by atoms with E-state index in [1.54, 1.807) is 31.2 Å². The molecule has 0 spiro atoms. The molecule has 0 N–H and O–H groups in total. The number of nitrogens with zero attached hydrogens (tertiary/aromatic N) is 1. The van der Waals surface area contributed by atoms with Gasteiger partial charge < -0.3 is 9.64 Å². The Morgan fingerprint density at radius 2 is 2.05 bits per heavy atom. The van der Waals surface area contributed by atoms with Gasteiger partial charge in [-0.25, -0.2) is 0 Å². The van der Waals surface area contributed by atoms with Gasteiger partial charge in [-0.15, -0.1) is 0 Å². The van der Waals surface area contributed by atoms with Crippen LogP contribution in [0.5, 0.6) is 5.75 Å². The number of benzene rings is 1. The van der Waals surface area contributed by atoms with Crippen LogP contribution < -0.4 is 4.74 Å². The summed E-state index contributed by atoms with van der Waals surface area (Å²) in [4.78, 5) is 25.0. The second-order valence-electron chi connectivity index (χ2n) is 5.69. The molecule has 0 aliphatic heterocycles. The highest BCUT2D eigenvalue weighted by Gasteiger charge is 2.26. The van der Waals surface area contributed by atoms with Crippen LogP contribution in [0.3, 0.4) is 0 Å². The number of hydrogen-bond donors (Lipinski definition) is 0. The third kappa shape index (κ3) is 4.06. The molecule has 1 amide bonds. The van der Waals surface area contributed by atoms with Gasteiger partial charge in [0.15, 0.2) is 6.10 Å². The molecule has 1 unspecified atom stereocenters. The lowest BCUT2D eigenvalue weighted by molar-refractivity contribution is -0.139. The van der Waals surface area contributed by atoms with Gasteiger partial charge in [0.25, 0.3) is 5.91 Å². The van der Waals surface area contributed by atoms with E-state index in [4.69, 9.17) is 4.74 Å². The summed E-state index contributed by atoms with van der Waals surface area (Å²) in [6, 6.07) is 7.20. The maximum absolute atomic E-state index is 12.4. The molecule has 0 saturated heterocycles. The highest BCUT2D eigenvalue weighted by Crippen LogP contribution is 2.23. The molecule has 1 aromatic carbocycles. The molecule has 0 heterocycles. The number of aldehydes is 1. The van der Waals surface area contributed by atoms with Crippen molar-refractivity contribution in [2.45, 2.75) is 51.2 Å². The van der Waals surface area contributed by atoms with Gasteiger partial charge in [-0.1, -0.05) is 31.4 Å². The number of rotatable bonds is 5. The molecule has 1 aromatic rings. The van der Waals surface area contributed by atoms with E-state index in [0.29, 0.717) is 17.4 Å². The minimum Gasteiger partial charge on any atom is -0.481 e. The van der Waals surface area contributed by atoms with Crippen LogP contribution in [0.25, 0.3) is 0 Å². The molecular weight excluding hydrogens is 266 g/mol. The first-order valence-electron chi connectivity index (χ1n) is 7.60. The highest BCUT2D eigenvalue weighted by atomic mass is 16.5. The van der Waals surface area contributed by atoms with Crippen LogP contribution in [0, 0.1) is 0 Å². The summed E-state index contributed by atoms with van der Waals surface area (Å²) in [6.45, 7) is 1.76. The number of hydrogen-bond acceptors (Lipinski definition) is 3. The molecule has 0 aromatic heterocycles. The molecule has 1 aliphatic rings. The lowest BCUT2D eigenvalue weighted by Gasteiger charge is -2.32. The normalized spacial score (nSPS) is 17.0. The predicted molar refractivity (Wildman–Crippen MR) is 81.6 cm³/mol. The van der Waals surface area contributed by atoms with Gasteiger partial charge in [0, 0.05) is 18.7 Å². The second kappa shape index (κ2) is 7.25. The number of ether oxygens (including phenoxy) is 1. The van der Waals surface area contributed by atoms with Crippen LogP contribution in [0.2, 0.25) is 0 Å². The summed E-state index contributed by atoms with van der Waals surface area (Å²) in [6.07, 6.45) is 6.04. The topological polar surface area (TPSA) is 46.6 Å². The molecule has 0 bridgehead atoms. The fourth-order valence-corrected chi connectivity index (χ4v) is 2.85. The molecule has 1 fully saturated rings. The standard InChI is InChI=1S/C17H23NO3/c1-13(21-16-10-6-7-14(11-16)12-19)17(20)18(2)15-8-4-3-5-9-15/h6-7,10-13,15H,3-5,8-9H2,1-2H3. The summed E-state index contributed by atoms with van der Waals surface area (Å²) in [7, 11) is 1.86. The number of likely N-dealkylation sites (N-methyl/N-ethyl adjacent to an activating group) is 1. The monoisotopic (exact) mass is 289 g/mol. The van der Waals surface area contributed by atoms with Crippen LogP contribution in [0.4, 0.5) is 0 Å². The van der Waals surface area contributed by atoms with Crippen molar-refractivity contribution in [3.8, 4) is 5.75 Å². The van der Waals surface area contributed by atoms with E-state index in [0.717, 1.165) is 19.1 Å². The Morgan fingerprint density at radius 1 is 1.33 bits per heavy atom. The van der Waals surface area contributed by atoms with Crippen LogP contribution in [-0.4, -0.2) is 36.3 Å². The fourth-order valence-electron chi connectivity index (χ4n) is 2.85. The SMILES string of the molecule is CC(Oc1cccc(C=O)c1)C(=O)N(C)C1CCCCC1. The predicted octanol–water partition coefficient (Wildman–Crippen LogP) is 3.06. The van der Waals surface area contributed by atoms with Crippen LogP contribution in [-0.2, 0) is 4.79 Å². The molecule has 114 valence electrons. The van der Waals surface area contributed by atoms with Crippen LogP contribution >= 0.6 is 0 Å². The summed E-state index contributed by atoms with van der Waals surface area (Å²) in [5.41, 5.74) is 0.549. The van der Waals surface area contributed by atoms with E-state index in [9.17, 15) is 9.59 Å². The van der Waals surface area contributed by atoms with E-state index in [2.05, 4.69) is 0 Å². The van der Waals surface area contributed by atoms with Crippen molar-refractivity contribution in [3.05, 3.63) is 29.8 Å². The average molecular weight is 289 g/mol. The van der Waals surface area contributed by atoms with Gasteiger partial charge in [-0.3, -0.25) is 9.59 Å². The Morgan fingerprint density at radius 3 is 2.71 bits per heavy atom. The van der Waals surface area contributed by atoms with E-state index >= 15 is 0 Å². The molecule has 2 rings (SSSR count). The minimum absolute atomic E-state index is 0.00148. The maximum Gasteiger partial charge on any atom is 0.263 e. The second-order valence-corrected chi connectivity index (χ2v) is 5.69. The number of amides is 1. The zero-order valence-corrected chi connectivity index (χ0v) is 12.7. The lowest BCUT2D eigenvalue weighted by atomic mass is 9.94. The Labute approximate surface area is 126 Å². The van der Waals surface area contributed by atoms with Gasteiger partial charge in [-0.05, 0) is 31.9 Å². The van der Waals surface area contributed by atoms with Crippen molar-refractivity contribution >= 4 is 12.2 Å². The largest absolute Gasteiger partial charge is 0.481 e. The number of carbonyl (C=O) groups excluding carboxylic acids is 2. The van der Waals surface area contributed by atoms with Gasteiger partial charge in [0.2, 0.25) is 0 Å². The van der Waals surface area contributed by atoms with Crippen molar-refractivity contribution in [3.63, 3.8) is 0 Å².